The summed E-state index contributed by atoms with van der Waals surface area (Å²) in [5.74, 6) is 0.984. The van der Waals surface area contributed by atoms with Crippen molar-refractivity contribution in [3.63, 3.8) is 0 Å². The summed E-state index contributed by atoms with van der Waals surface area (Å²) in [5.41, 5.74) is 1.96. The summed E-state index contributed by atoms with van der Waals surface area (Å²) in [6.45, 7) is 4.48. The third-order valence-corrected chi connectivity index (χ3v) is 7.06. The molecule has 0 nitrogen and oxygen atoms in total. The molecule has 0 spiro atoms. The van der Waals surface area contributed by atoms with Crippen LogP contribution >= 0.6 is 0 Å². The van der Waals surface area contributed by atoms with E-state index < -0.39 is 11.6 Å². The van der Waals surface area contributed by atoms with Gasteiger partial charge in [0.1, 0.15) is 0 Å². The van der Waals surface area contributed by atoms with Crippen molar-refractivity contribution >= 4 is 5.57 Å². The number of aryl methyl sites for hydroxylation is 1. The lowest BCUT2D eigenvalue weighted by molar-refractivity contribution is 0.303. The molecule has 1 fully saturated rings. The number of hydrogen-bond acceptors (Lipinski definition) is 0. The van der Waals surface area contributed by atoms with Gasteiger partial charge in [-0.25, -0.2) is 8.78 Å². The largest absolute Gasteiger partial charge is 0.203 e. The number of rotatable bonds is 7. The van der Waals surface area contributed by atoms with E-state index in [1.165, 1.54) is 32.1 Å². The maximum Gasteiger partial charge on any atom is 0.166 e. The summed E-state index contributed by atoms with van der Waals surface area (Å²) in [6, 6.07) is 3.59. The van der Waals surface area contributed by atoms with Gasteiger partial charge in [-0.15, -0.1) is 0 Å². The molecule has 3 rings (SSSR count). The summed E-state index contributed by atoms with van der Waals surface area (Å²) < 4.78 is 29.3. The van der Waals surface area contributed by atoms with Gasteiger partial charge in [0.15, 0.2) is 11.6 Å². The van der Waals surface area contributed by atoms with Crippen molar-refractivity contribution in [2.45, 2.75) is 84.5 Å². The Bertz CT molecular complexity index is 693. The van der Waals surface area contributed by atoms with E-state index in [9.17, 15) is 8.78 Å². The van der Waals surface area contributed by atoms with Crippen LogP contribution in [0.15, 0.2) is 30.4 Å². The second-order valence-corrected chi connectivity index (χ2v) is 8.83. The van der Waals surface area contributed by atoms with Gasteiger partial charge in [-0.05, 0) is 86.7 Å². The van der Waals surface area contributed by atoms with Crippen LogP contribution < -0.4 is 0 Å². The standard InChI is InChI=1S/C26H36F2/c1-3-19-9-11-21(12-10-19)7-5-6-8-23-17-18-24(26(28)25(23)27)22-15-13-20(4-2)14-16-22/h5,7,15,17-21H,3-4,6,8-14,16H2,1-2H3/b7-5+. The highest BCUT2D eigenvalue weighted by atomic mass is 19.2. The minimum Gasteiger partial charge on any atom is -0.203 e. The van der Waals surface area contributed by atoms with Crippen LogP contribution in [0.3, 0.4) is 0 Å². The van der Waals surface area contributed by atoms with Crippen LogP contribution in [-0.4, -0.2) is 0 Å². The van der Waals surface area contributed by atoms with Gasteiger partial charge < -0.3 is 0 Å². The molecule has 0 radical (unpaired) electrons. The van der Waals surface area contributed by atoms with E-state index in [0.29, 0.717) is 29.4 Å². The van der Waals surface area contributed by atoms with Crippen LogP contribution in [0.5, 0.6) is 0 Å². The van der Waals surface area contributed by atoms with E-state index in [1.807, 2.05) is 0 Å². The van der Waals surface area contributed by atoms with E-state index in [-0.39, 0.29) is 0 Å². The van der Waals surface area contributed by atoms with Crippen LogP contribution in [0, 0.1) is 29.4 Å². The summed E-state index contributed by atoms with van der Waals surface area (Å²) in [5, 5.41) is 0. The maximum atomic E-state index is 14.7. The molecule has 2 aliphatic rings. The van der Waals surface area contributed by atoms with E-state index in [1.54, 1.807) is 12.1 Å². The van der Waals surface area contributed by atoms with Gasteiger partial charge in [-0.2, -0.15) is 0 Å². The zero-order valence-electron chi connectivity index (χ0n) is 17.7. The lowest BCUT2D eigenvalue weighted by Crippen LogP contribution is -2.12. The summed E-state index contributed by atoms with van der Waals surface area (Å²) in [4.78, 5) is 0. The van der Waals surface area contributed by atoms with Gasteiger partial charge in [-0.3, -0.25) is 0 Å². The molecule has 0 bridgehead atoms. The van der Waals surface area contributed by atoms with Crippen molar-refractivity contribution in [1.29, 1.82) is 0 Å². The smallest absolute Gasteiger partial charge is 0.166 e. The highest BCUT2D eigenvalue weighted by Gasteiger charge is 2.20. The van der Waals surface area contributed by atoms with Gasteiger partial charge in [0.2, 0.25) is 0 Å². The highest BCUT2D eigenvalue weighted by molar-refractivity contribution is 5.67. The van der Waals surface area contributed by atoms with Gasteiger partial charge >= 0.3 is 0 Å². The van der Waals surface area contributed by atoms with Crippen molar-refractivity contribution in [1.82, 2.24) is 0 Å². The Morgan fingerprint density at radius 1 is 0.929 bits per heavy atom. The molecule has 154 valence electrons. The van der Waals surface area contributed by atoms with Crippen LogP contribution in [-0.2, 0) is 6.42 Å². The molecule has 0 amide bonds. The number of hydrogen-bond donors (Lipinski definition) is 0. The molecular formula is C26H36F2. The van der Waals surface area contributed by atoms with E-state index in [0.717, 1.165) is 43.6 Å². The minimum absolute atomic E-state index is 0.471. The molecule has 2 heteroatoms. The lowest BCUT2D eigenvalue weighted by Gasteiger charge is -2.25. The van der Waals surface area contributed by atoms with Crippen LogP contribution in [0.4, 0.5) is 8.78 Å². The fourth-order valence-corrected chi connectivity index (χ4v) is 4.85. The first kappa shape index (κ1) is 21.3. The number of allylic oxidation sites excluding steroid dienone is 4. The molecule has 1 aromatic rings. The van der Waals surface area contributed by atoms with E-state index in [4.69, 9.17) is 0 Å². The summed E-state index contributed by atoms with van der Waals surface area (Å²) in [6.07, 6.45) is 18.6. The van der Waals surface area contributed by atoms with Gasteiger partial charge in [-0.1, -0.05) is 57.0 Å². The van der Waals surface area contributed by atoms with E-state index in [2.05, 4.69) is 32.1 Å². The van der Waals surface area contributed by atoms with Gasteiger partial charge in [0.25, 0.3) is 0 Å². The number of halogens is 2. The zero-order valence-corrected chi connectivity index (χ0v) is 17.7. The Labute approximate surface area is 170 Å². The van der Waals surface area contributed by atoms with Crippen molar-refractivity contribution in [2.24, 2.45) is 17.8 Å². The fraction of sp³-hybridized carbons (Fsp3) is 0.615. The van der Waals surface area contributed by atoms with Crippen molar-refractivity contribution in [3.05, 3.63) is 53.1 Å². The normalized spacial score (nSPS) is 25.9. The Kier molecular flexibility index (Phi) is 7.88. The highest BCUT2D eigenvalue weighted by Crippen LogP contribution is 2.34. The zero-order chi connectivity index (χ0) is 19.9. The monoisotopic (exact) mass is 386 g/mol. The molecule has 0 saturated heterocycles. The second kappa shape index (κ2) is 10.4. The SMILES string of the molecule is CCC1CC=C(c2ccc(CC/C=C/C3CCC(CC)CC3)c(F)c2F)CC1. The number of benzene rings is 1. The average molecular weight is 387 g/mol. The third kappa shape index (κ3) is 5.33. The lowest BCUT2D eigenvalue weighted by atomic mass is 9.80. The summed E-state index contributed by atoms with van der Waals surface area (Å²) in [7, 11) is 0. The van der Waals surface area contributed by atoms with Crippen LogP contribution in [0.2, 0.25) is 0 Å². The molecule has 2 aliphatic carbocycles. The van der Waals surface area contributed by atoms with Crippen molar-refractivity contribution in [3.8, 4) is 0 Å². The van der Waals surface area contributed by atoms with Gasteiger partial charge in [0.05, 0.1) is 0 Å². The average Bonchev–Trinajstić information content (AvgIpc) is 2.74. The minimum atomic E-state index is -0.652. The summed E-state index contributed by atoms with van der Waals surface area (Å²) >= 11 is 0. The predicted octanol–water partition coefficient (Wildman–Crippen LogP) is 8.26. The second-order valence-electron chi connectivity index (χ2n) is 8.83. The first-order valence-corrected chi connectivity index (χ1v) is 11.4. The first-order valence-electron chi connectivity index (χ1n) is 11.4. The Morgan fingerprint density at radius 2 is 1.68 bits per heavy atom. The maximum absolute atomic E-state index is 14.7. The third-order valence-electron chi connectivity index (χ3n) is 7.06. The topological polar surface area (TPSA) is 0 Å². The molecule has 1 aromatic carbocycles. The van der Waals surface area contributed by atoms with Gasteiger partial charge in [0, 0.05) is 5.56 Å². The molecule has 0 aromatic heterocycles. The molecule has 28 heavy (non-hydrogen) atoms. The van der Waals surface area contributed by atoms with E-state index >= 15 is 0 Å². The molecule has 0 heterocycles. The van der Waals surface area contributed by atoms with Crippen molar-refractivity contribution < 1.29 is 8.78 Å². The quantitative estimate of drug-likeness (QED) is 0.414. The molecule has 0 N–H and O–H groups in total. The Morgan fingerprint density at radius 3 is 2.32 bits per heavy atom. The Balaban J connectivity index is 1.55. The van der Waals surface area contributed by atoms with Crippen molar-refractivity contribution in [2.75, 3.05) is 0 Å². The predicted molar refractivity (Wildman–Crippen MR) is 115 cm³/mol. The van der Waals surface area contributed by atoms with Crippen LogP contribution in [0.1, 0.15) is 89.2 Å². The molecule has 0 aliphatic heterocycles. The first-order chi connectivity index (χ1) is 13.6. The molecular weight excluding hydrogens is 350 g/mol. The molecule has 1 unspecified atom stereocenters. The fourth-order valence-electron chi connectivity index (χ4n) is 4.85. The Hall–Kier alpha value is -1.44. The molecule has 1 saturated carbocycles. The molecule has 1 atom stereocenters. The van der Waals surface area contributed by atoms with Crippen LogP contribution in [0.25, 0.3) is 5.57 Å².